The summed E-state index contributed by atoms with van der Waals surface area (Å²) in [6.07, 6.45) is 7.30. The minimum Gasteiger partial charge on any atom is -0.447 e. The summed E-state index contributed by atoms with van der Waals surface area (Å²) in [6.45, 7) is 7.85. The lowest BCUT2D eigenvalue weighted by Gasteiger charge is -2.54. The van der Waals surface area contributed by atoms with Gasteiger partial charge in [0.05, 0.1) is 24.4 Å². The summed E-state index contributed by atoms with van der Waals surface area (Å²) in [4.78, 5) is 29.1. The molecule has 2 amide bonds. The summed E-state index contributed by atoms with van der Waals surface area (Å²) in [5, 5.41) is 0. The van der Waals surface area contributed by atoms with Crippen LogP contribution in [0.1, 0.15) is 72.6 Å². The van der Waals surface area contributed by atoms with Crippen molar-refractivity contribution in [1.82, 2.24) is 14.5 Å². The minimum atomic E-state index is -3.17. The topological polar surface area (TPSA) is 96.0 Å². The number of carbonyl (C=O) groups excluding carboxylic acids is 2. The molecular formula is C22H39N3O5S. The third kappa shape index (κ3) is 5.92. The average Bonchev–Trinajstić information content (AvgIpc) is 2.65. The zero-order valence-corrected chi connectivity index (χ0v) is 20.4. The van der Waals surface area contributed by atoms with Crippen molar-refractivity contribution in [3.8, 4) is 0 Å². The molecule has 0 bridgehead atoms. The highest BCUT2D eigenvalue weighted by Crippen LogP contribution is 2.43. The highest BCUT2D eigenvalue weighted by atomic mass is 32.2. The van der Waals surface area contributed by atoms with Crippen LogP contribution in [0.15, 0.2) is 0 Å². The van der Waals surface area contributed by atoms with E-state index in [4.69, 9.17) is 4.74 Å². The lowest BCUT2D eigenvalue weighted by atomic mass is 9.69. The number of amides is 2. The number of hydrogen-bond donors (Lipinski definition) is 1. The van der Waals surface area contributed by atoms with Gasteiger partial charge in [0.1, 0.15) is 0 Å². The molecule has 178 valence electrons. The number of sulfonamides is 1. The SMILES string of the molecule is CC(=O)N1C2CCC(C3CCC(NS(C)(=O)=O)CC3)CC2N(C(=O)OC(C)C)C[C@@H]1C. The second kappa shape index (κ2) is 9.65. The van der Waals surface area contributed by atoms with E-state index in [1.807, 2.05) is 30.6 Å². The molecular weight excluding hydrogens is 418 g/mol. The third-order valence-electron chi connectivity index (χ3n) is 7.27. The second-order valence-electron chi connectivity index (χ2n) is 10.1. The van der Waals surface area contributed by atoms with E-state index in [1.54, 1.807) is 6.92 Å². The molecule has 0 aromatic heterocycles. The maximum absolute atomic E-state index is 12.9. The third-order valence-corrected chi connectivity index (χ3v) is 8.03. The fourth-order valence-corrected chi connectivity index (χ4v) is 6.96. The highest BCUT2D eigenvalue weighted by Gasteiger charge is 2.48. The van der Waals surface area contributed by atoms with Gasteiger partial charge >= 0.3 is 6.09 Å². The van der Waals surface area contributed by atoms with Crippen LogP contribution in [0.4, 0.5) is 4.79 Å². The molecule has 9 heteroatoms. The summed E-state index contributed by atoms with van der Waals surface area (Å²) in [7, 11) is -3.17. The Morgan fingerprint density at radius 2 is 1.61 bits per heavy atom. The Kier molecular flexibility index (Phi) is 7.56. The zero-order chi connectivity index (χ0) is 22.9. The predicted molar refractivity (Wildman–Crippen MR) is 119 cm³/mol. The Hall–Kier alpha value is -1.35. The van der Waals surface area contributed by atoms with Crippen LogP contribution in [0.2, 0.25) is 0 Å². The van der Waals surface area contributed by atoms with Gasteiger partial charge in [-0.2, -0.15) is 0 Å². The normalized spacial score (nSPS) is 34.4. The number of hydrogen-bond acceptors (Lipinski definition) is 5. The Balaban J connectivity index is 1.70. The van der Waals surface area contributed by atoms with Gasteiger partial charge in [-0.15, -0.1) is 0 Å². The van der Waals surface area contributed by atoms with Gasteiger partial charge in [0.25, 0.3) is 0 Å². The Morgan fingerprint density at radius 3 is 2.16 bits per heavy atom. The fraction of sp³-hybridized carbons (Fsp3) is 0.909. The van der Waals surface area contributed by atoms with Gasteiger partial charge in [0.2, 0.25) is 15.9 Å². The predicted octanol–water partition coefficient (Wildman–Crippen LogP) is 2.73. The zero-order valence-electron chi connectivity index (χ0n) is 19.5. The number of nitrogens with one attached hydrogen (secondary N) is 1. The molecule has 3 aliphatic rings. The van der Waals surface area contributed by atoms with Crippen molar-refractivity contribution in [1.29, 1.82) is 0 Å². The number of fused-ring (bicyclic) bond motifs is 1. The summed E-state index contributed by atoms with van der Waals surface area (Å²) in [5.41, 5.74) is 0. The number of ether oxygens (including phenoxy) is 1. The maximum Gasteiger partial charge on any atom is 0.410 e. The molecule has 3 unspecified atom stereocenters. The second-order valence-corrected chi connectivity index (χ2v) is 11.8. The summed E-state index contributed by atoms with van der Waals surface area (Å²) < 4.78 is 31.4. The van der Waals surface area contributed by atoms with Gasteiger partial charge < -0.3 is 14.5 Å². The molecule has 31 heavy (non-hydrogen) atoms. The standard InChI is InChI=1S/C22H39N3O5S/c1-14(2)30-22(27)24-13-15(3)25(16(4)26)20-11-8-18(12-21(20)24)17-6-9-19(10-7-17)23-31(5,28)29/h14-15,17-21,23H,6-13H2,1-5H3/t15-,17?,18?,19?,20?,21?/m0/s1. The summed E-state index contributed by atoms with van der Waals surface area (Å²) in [5.74, 6) is 1.09. The molecule has 0 aromatic rings. The van der Waals surface area contributed by atoms with Crippen LogP contribution < -0.4 is 4.72 Å². The van der Waals surface area contributed by atoms with E-state index in [9.17, 15) is 18.0 Å². The number of nitrogens with zero attached hydrogens (tertiary/aromatic N) is 2. The van der Waals surface area contributed by atoms with Crippen molar-refractivity contribution in [2.24, 2.45) is 11.8 Å². The molecule has 3 rings (SSSR count). The van der Waals surface area contributed by atoms with Gasteiger partial charge in [0, 0.05) is 25.6 Å². The van der Waals surface area contributed by atoms with Crippen LogP contribution in [0.5, 0.6) is 0 Å². The fourth-order valence-electron chi connectivity index (χ4n) is 6.12. The first-order chi connectivity index (χ1) is 14.5. The first kappa shape index (κ1) is 24.3. The minimum absolute atomic E-state index is 0.0167. The van der Waals surface area contributed by atoms with Crippen molar-refractivity contribution < 1.29 is 22.7 Å². The molecule has 4 atom stereocenters. The average molecular weight is 458 g/mol. The molecule has 0 spiro atoms. The highest BCUT2D eigenvalue weighted by molar-refractivity contribution is 7.88. The summed E-state index contributed by atoms with van der Waals surface area (Å²) >= 11 is 0. The molecule has 2 aliphatic carbocycles. The molecule has 0 aromatic carbocycles. The molecule has 1 heterocycles. The monoisotopic (exact) mass is 457 g/mol. The maximum atomic E-state index is 12.9. The first-order valence-electron chi connectivity index (χ1n) is 11.7. The largest absolute Gasteiger partial charge is 0.447 e. The van der Waals surface area contributed by atoms with Gasteiger partial charge in [-0.25, -0.2) is 17.9 Å². The van der Waals surface area contributed by atoms with Gasteiger partial charge in [0.15, 0.2) is 0 Å². The molecule has 1 saturated heterocycles. The first-order valence-corrected chi connectivity index (χ1v) is 13.6. The van der Waals surface area contributed by atoms with Crippen LogP contribution in [0, 0.1) is 11.8 Å². The number of carbonyl (C=O) groups is 2. The van der Waals surface area contributed by atoms with E-state index in [1.165, 1.54) is 6.26 Å². The molecule has 1 aliphatic heterocycles. The van der Waals surface area contributed by atoms with E-state index in [0.29, 0.717) is 18.4 Å². The van der Waals surface area contributed by atoms with Crippen LogP contribution >= 0.6 is 0 Å². The van der Waals surface area contributed by atoms with Gasteiger partial charge in [-0.05, 0) is 77.6 Å². The Labute approximate surface area is 187 Å². The van der Waals surface area contributed by atoms with Crippen molar-refractivity contribution in [2.75, 3.05) is 12.8 Å². The Bertz CT molecular complexity index is 763. The quantitative estimate of drug-likeness (QED) is 0.700. The smallest absolute Gasteiger partial charge is 0.410 e. The van der Waals surface area contributed by atoms with E-state index in [0.717, 1.165) is 44.9 Å². The molecule has 3 fully saturated rings. The van der Waals surface area contributed by atoms with Crippen molar-refractivity contribution >= 4 is 22.0 Å². The molecule has 0 radical (unpaired) electrons. The van der Waals surface area contributed by atoms with E-state index in [2.05, 4.69) is 4.72 Å². The van der Waals surface area contributed by atoms with Crippen LogP contribution in [0.25, 0.3) is 0 Å². The van der Waals surface area contributed by atoms with Crippen molar-refractivity contribution in [3.05, 3.63) is 0 Å². The molecule has 8 nitrogen and oxygen atoms in total. The number of rotatable bonds is 4. The van der Waals surface area contributed by atoms with Crippen LogP contribution in [0.3, 0.4) is 0 Å². The van der Waals surface area contributed by atoms with E-state index >= 15 is 0 Å². The van der Waals surface area contributed by atoms with Gasteiger partial charge in [-0.3, -0.25) is 4.79 Å². The summed E-state index contributed by atoms with van der Waals surface area (Å²) in [6, 6.07) is 0.0359. The van der Waals surface area contributed by atoms with E-state index < -0.39 is 10.0 Å². The van der Waals surface area contributed by atoms with Crippen LogP contribution in [-0.4, -0.2) is 73.3 Å². The van der Waals surface area contributed by atoms with Crippen molar-refractivity contribution in [3.63, 3.8) is 0 Å². The number of piperazine rings is 1. The van der Waals surface area contributed by atoms with Gasteiger partial charge in [-0.1, -0.05) is 0 Å². The molecule has 2 saturated carbocycles. The van der Waals surface area contributed by atoms with E-state index in [-0.39, 0.29) is 42.3 Å². The molecule has 1 N–H and O–H groups in total. The van der Waals surface area contributed by atoms with Crippen LogP contribution in [-0.2, 0) is 19.6 Å². The Morgan fingerprint density at radius 1 is 1.00 bits per heavy atom. The lowest BCUT2D eigenvalue weighted by Crippen LogP contribution is -2.67. The van der Waals surface area contributed by atoms with Crippen molar-refractivity contribution in [2.45, 2.75) is 103 Å². The lowest BCUT2D eigenvalue weighted by molar-refractivity contribution is -0.142.